The number of nitriles is 1. The smallest absolute Gasteiger partial charge is 0.207 e. The first-order valence-corrected chi connectivity index (χ1v) is 8.69. The lowest BCUT2D eigenvalue weighted by Crippen LogP contribution is -2.29. The van der Waals surface area contributed by atoms with E-state index in [4.69, 9.17) is 16.9 Å². The summed E-state index contributed by atoms with van der Waals surface area (Å²) in [6.45, 7) is 1.10. The molecule has 0 bridgehead atoms. The Balaban J connectivity index is 1.90. The molecule has 0 saturated carbocycles. The molecule has 2 aliphatic rings. The van der Waals surface area contributed by atoms with Crippen LogP contribution < -0.4 is 0 Å². The third-order valence-corrected chi connectivity index (χ3v) is 6.58. The summed E-state index contributed by atoms with van der Waals surface area (Å²) in [5.41, 5.74) is 0.359. The van der Waals surface area contributed by atoms with E-state index in [-0.39, 0.29) is 9.92 Å². The van der Waals surface area contributed by atoms with Crippen LogP contribution in [0.3, 0.4) is 0 Å². The molecule has 0 amide bonds. The molecule has 0 N–H and O–H groups in total. The van der Waals surface area contributed by atoms with E-state index in [2.05, 4.69) is 12.2 Å². The molecular weight excluding hydrogens is 308 g/mol. The van der Waals surface area contributed by atoms with Gasteiger partial charge in [-0.05, 0) is 42.9 Å². The molecule has 0 unspecified atom stereocenters. The first-order chi connectivity index (χ1) is 10.0. The molecule has 2 atom stereocenters. The topological polar surface area (TPSA) is 61.2 Å². The Bertz CT molecular complexity index is 721. The highest BCUT2D eigenvalue weighted by Gasteiger charge is 2.39. The van der Waals surface area contributed by atoms with Crippen LogP contribution in [0.5, 0.6) is 0 Å². The van der Waals surface area contributed by atoms with E-state index < -0.39 is 10.0 Å². The van der Waals surface area contributed by atoms with Gasteiger partial charge in [0.25, 0.3) is 0 Å². The highest BCUT2D eigenvalue weighted by Crippen LogP contribution is 2.36. The molecule has 110 valence electrons. The largest absolute Gasteiger partial charge is 0.244 e. The van der Waals surface area contributed by atoms with Crippen molar-refractivity contribution in [2.75, 3.05) is 13.1 Å². The third-order valence-electron chi connectivity index (χ3n) is 4.27. The SMILES string of the molecule is N#Cc1ccc(S(=O)(=O)N2C[C@H]3CC=CC[C@H]3C2)c(Cl)c1. The second-order valence-corrected chi connectivity index (χ2v) is 7.86. The van der Waals surface area contributed by atoms with E-state index in [1.807, 2.05) is 6.07 Å². The minimum absolute atomic E-state index is 0.0924. The summed E-state index contributed by atoms with van der Waals surface area (Å²) < 4.78 is 27.0. The van der Waals surface area contributed by atoms with Crippen LogP contribution in [0.15, 0.2) is 35.2 Å². The van der Waals surface area contributed by atoms with E-state index in [9.17, 15) is 8.42 Å². The van der Waals surface area contributed by atoms with Gasteiger partial charge >= 0.3 is 0 Å². The van der Waals surface area contributed by atoms with Crippen LogP contribution in [0, 0.1) is 23.2 Å². The molecule has 1 heterocycles. The molecule has 0 aromatic heterocycles. The van der Waals surface area contributed by atoms with Crippen molar-refractivity contribution in [1.82, 2.24) is 4.31 Å². The summed E-state index contributed by atoms with van der Waals surface area (Å²) in [7, 11) is -3.59. The Labute approximate surface area is 129 Å². The summed E-state index contributed by atoms with van der Waals surface area (Å²) in [6.07, 6.45) is 6.15. The summed E-state index contributed by atoms with van der Waals surface area (Å²) >= 11 is 6.05. The average Bonchev–Trinajstić information content (AvgIpc) is 2.91. The van der Waals surface area contributed by atoms with Gasteiger partial charge in [0, 0.05) is 13.1 Å². The van der Waals surface area contributed by atoms with Crippen molar-refractivity contribution >= 4 is 21.6 Å². The lowest BCUT2D eigenvalue weighted by molar-refractivity contribution is 0.411. The molecular formula is C15H15ClN2O2S. The van der Waals surface area contributed by atoms with Crippen molar-refractivity contribution in [3.8, 4) is 6.07 Å². The van der Waals surface area contributed by atoms with Crippen LogP contribution in [0.4, 0.5) is 0 Å². The molecule has 6 heteroatoms. The van der Waals surface area contributed by atoms with Gasteiger partial charge in [0.15, 0.2) is 0 Å². The van der Waals surface area contributed by atoms with Gasteiger partial charge in [0.05, 0.1) is 16.7 Å². The predicted octanol–water partition coefficient (Wildman–Crippen LogP) is 2.80. The number of sulfonamides is 1. The number of halogens is 1. The standard InChI is InChI=1S/C15H15ClN2O2S/c16-14-7-11(8-17)5-6-15(14)21(19,20)18-9-12-3-1-2-4-13(12)10-18/h1-2,5-7,12-13H,3-4,9-10H2/t12-,13+. The second-order valence-electron chi connectivity index (χ2n) is 5.54. The molecule has 4 nitrogen and oxygen atoms in total. The zero-order chi connectivity index (χ0) is 15.0. The van der Waals surface area contributed by atoms with Gasteiger partial charge in [-0.3, -0.25) is 0 Å². The molecule has 1 fully saturated rings. The molecule has 3 rings (SSSR count). The molecule has 1 aromatic carbocycles. The molecule has 1 aliphatic carbocycles. The maximum absolute atomic E-state index is 12.7. The van der Waals surface area contributed by atoms with Gasteiger partial charge in [0.2, 0.25) is 10.0 Å². The molecule has 1 aromatic rings. The molecule has 21 heavy (non-hydrogen) atoms. The normalized spacial score (nSPS) is 25.5. The molecule has 1 aliphatic heterocycles. The van der Waals surface area contributed by atoms with Crippen molar-refractivity contribution in [2.45, 2.75) is 17.7 Å². The van der Waals surface area contributed by atoms with Crippen molar-refractivity contribution in [3.63, 3.8) is 0 Å². The number of benzene rings is 1. The highest BCUT2D eigenvalue weighted by atomic mass is 35.5. The van der Waals surface area contributed by atoms with Crippen LogP contribution in [0.2, 0.25) is 5.02 Å². The Morgan fingerprint density at radius 2 is 1.81 bits per heavy atom. The quantitative estimate of drug-likeness (QED) is 0.787. The highest BCUT2D eigenvalue weighted by molar-refractivity contribution is 7.89. The van der Waals surface area contributed by atoms with Crippen LogP contribution in [0.1, 0.15) is 18.4 Å². The van der Waals surface area contributed by atoms with Crippen molar-refractivity contribution in [3.05, 3.63) is 40.9 Å². The molecule has 0 radical (unpaired) electrons. The van der Waals surface area contributed by atoms with Crippen molar-refractivity contribution < 1.29 is 8.42 Å². The van der Waals surface area contributed by atoms with Gasteiger partial charge in [-0.15, -0.1) is 0 Å². The monoisotopic (exact) mass is 322 g/mol. The molecule has 1 saturated heterocycles. The van der Waals surface area contributed by atoms with Gasteiger partial charge in [0.1, 0.15) is 4.90 Å². The number of fused-ring (bicyclic) bond motifs is 1. The van der Waals surface area contributed by atoms with Gasteiger partial charge in [-0.1, -0.05) is 23.8 Å². The Kier molecular flexibility index (Phi) is 3.78. The number of hydrogen-bond donors (Lipinski definition) is 0. The van der Waals surface area contributed by atoms with Gasteiger partial charge in [-0.25, -0.2) is 8.42 Å². The minimum atomic E-state index is -3.59. The van der Waals surface area contributed by atoms with E-state index in [0.717, 1.165) is 12.8 Å². The first kappa shape index (κ1) is 14.6. The first-order valence-electron chi connectivity index (χ1n) is 6.87. The van der Waals surface area contributed by atoms with Crippen LogP contribution in [-0.2, 0) is 10.0 Å². The summed E-state index contributed by atoms with van der Waals surface area (Å²) in [5, 5.41) is 8.95. The Hall–Kier alpha value is -1.35. The fourth-order valence-electron chi connectivity index (χ4n) is 3.09. The number of hydrogen-bond acceptors (Lipinski definition) is 3. The Morgan fingerprint density at radius 1 is 1.19 bits per heavy atom. The maximum atomic E-state index is 12.7. The number of allylic oxidation sites excluding steroid dienone is 2. The molecule has 0 spiro atoms. The lowest BCUT2D eigenvalue weighted by atomic mass is 9.86. The summed E-state index contributed by atoms with van der Waals surface area (Å²) in [4.78, 5) is 0.0924. The van der Waals surface area contributed by atoms with E-state index in [0.29, 0.717) is 30.5 Å². The van der Waals surface area contributed by atoms with Crippen molar-refractivity contribution in [1.29, 1.82) is 5.26 Å². The average molecular weight is 323 g/mol. The third kappa shape index (κ3) is 2.59. The predicted molar refractivity (Wildman–Crippen MR) is 80.3 cm³/mol. The van der Waals surface area contributed by atoms with E-state index in [1.54, 1.807) is 0 Å². The Morgan fingerprint density at radius 3 is 2.33 bits per heavy atom. The number of rotatable bonds is 2. The lowest BCUT2D eigenvalue weighted by Gasteiger charge is -2.18. The van der Waals surface area contributed by atoms with Gasteiger partial charge < -0.3 is 0 Å². The second kappa shape index (κ2) is 5.45. The van der Waals surface area contributed by atoms with Gasteiger partial charge in [-0.2, -0.15) is 9.57 Å². The van der Waals surface area contributed by atoms with Crippen LogP contribution >= 0.6 is 11.6 Å². The fourth-order valence-corrected chi connectivity index (χ4v) is 5.16. The fraction of sp³-hybridized carbons (Fsp3) is 0.400. The summed E-state index contributed by atoms with van der Waals surface area (Å²) in [5.74, 6) is 0.809. The summed E-state index contributed by atoms with van der Waals surface area (Å²) in [6, 6.07) is 6.27. The van der Waals surface area contributed by atoms with Crippen molar-refractivity contribution in [2.24, 2.45) is 11.8 Å². The van der Waals surface area contributed by atoms with E-state index in [1.165, 1.54) is 22.5 Å². The van der Waals surface area contributed by atoms with Crippen LogP contribution in [0.25, 0.3) is 0 Å². The maximum Gasteiger partial charge on any atom is 0.244 e. The zero-order valence-electron chi connectivity index (χ0n) is 11.4. The number of nitrogens with zero attached hydrogens (tertiary/aromatic N) is 2. The van der Waals surface area contributed by atoms with Crippen LogP contribution in [-0.4, -0.2) is 25.8 Å². The van der Waals surface area contributed by atoms with E-state index >= 15 is 0 Å². The zero-order valence-corrected chi connectivity index (χ0v) is 12.9. The minimum Gasteiger partial charge on any atom is -0.207 e.